The van der Waals surface area contributed by atoms with Crippen LogP contribution >= 0.6 is 0 Å². The van der Waals surface area contributed by atoms with Gasteiger partial charge >= 0.3 is 5.97 Å². The second-order valence-corrected chi connectivity index (χ2v) is 7.63. The van der Waals surface area contributed by atoms with Crippen molar-refractivity contribution in [2.75, 3.05) is 37.7 Å². The molecule has 1 aromatic heterocycles. The van der Waals surface area contributed by atoms with Crippen LogP contribution in [0.4, 0.5) is 11.5 Å². The van der Waals surface area contributed by atoms with Gasteiger partial charge in [-0.3, -0.25) is 25.0 Å². The molecule has 11 heteroatoms. The zero-order valence-electron chi connectivity index (χ0n) is 18.1. The van der Waals surface area contributed by atoms with Crippen molar-refractivity contribution in [2.45, 2.75) is 13.0 Å². The average Bonchev–Trinajstić information content (AvgIpc) is 2.84. The standard InChI is InChI=1S/C22H24N6O5/c1-2-33-21(30)18-19(15-6-5-7-16(14-15)28(31)32)24-22(25-20(18)29)27-12-10-26(11-13-27)17-8-3-4-9-23-17/h3-9,14,18-19H,2,10-13H2,1H3,(H,24,25,29)/t18-,19-/m0/s1. The summed E-state index contributed by atoms with van der Waals surface area (Å²) < 4.78 is 5.09. The SMILES string of the molecule is CCOC(=O)[C@@H]1C(=O)NC(N2CCN(c3ccccn3)CC2)=N[C@H]1c1cccc([N+](=O)[O-])c1. The number of nitrogens with zero attached hydrogens (tertiary/aromatic N) is 5. The van der Waals surface area contributed by atoms with E-state index in [1.54, 1.807) is 19.2 Å². The van der Waals surface area contributed by atoms with Crippen LogP contribution in [0.15, 0.2) is 53.7 Å². The summed E-state index contributed by atoms with van der Waals surface area (Å²) >= 11 is 0. The number of guanidine groups is 1. The third kappa shape index (κ3) is 4.76. The molecule has 33 heavy (non-hydrogen) atoms. The van der Waals surface area contributed by atoms with Crippen molar-refractivity contribution in [3.8, 4) is 0 Å². The molecule has 0 saturated carbocycles. The van der Waals surface area contributed by atoms with Gasteiger partial charge in [-0.15, -0.1) is 0 Å². The molecule has 3 heterocycles. The van der Waals surface area contributed by atoms with Gasteiger partial charge in [0.1, 0.15) is 11.9 Å². The lowest BCUT2D eigenvalue weighted by Gasteiger charge is -2.39. The van der Waals surface area contributed by atoms with E-state index < -0.39 is 28.8 Å². The number of ether oxygens (including phenoxy) is 1. The van der Waals surface area contributed by atoms with Crippen LogP contribution in [-0.4, -0.2) is 65.4 Å². The number of aliphatic imine (C=N–C) groups is 1. The van der Waals surface area contributed by atoms with E-state index in [9.17, 15) is 19.7 Å². The minimum Gasteiger partial charge on any atom is -0.465 e. The van der Waals surface area contributed by atoms with Crippen LogP contribution in [0.5, 0.6) is 0 Å². The molecule has 11 nitrogen and oxygen atoms in total. The topological polar surface area (TPSA) is 130 Å². The van der Waals surface area contributed by atoms with Gasteiger partial charge in [-0.25, -0.2) is 9.98 Å². The molecule has 2 aliphatic rings. The number of hydrogen-bond donors (Lipinski definition) is 1. The fourth-order valence-electron chi connectivity index (χ4n) is 3.98. The molecular weight excluding hydrogens is 428 g/mol. The van der Waals surface area contributed by atoms with E-state index in [0.717, 1.165) is 5.82 Å². The molecule has 0 radical (unpaired) electrons. The van der Waals surface area contributed by atoms with Crippen molar-refractivity contribution >= 4 is 29.3 Å². The lowest BCUT2D eigenvalue weighted by Crippen LogP contribution is -2.57. The highest BCUT2D eigenvalue weighted by Crippen LogP contribution is 2.32. The number of pyridine rings is 1. The Balaban J connectivity index is 1.60. The summed E-state index contributed by atoms with van der Waals surface area (Å²) in [6, 6.07) is 10.6. The molecule has 2 aliphatic heterocycles. The predicted molar refractivity (Wildman–Crippen MR) is 120 cm³/mol. The number of hydrogen-bond acceptors (Lipinski definition) is 9. The Morgan fingerprint density at radius 1 is 1.18 bits per heavy atom. The Morgan fingerprint density at radius 2 is 1.94 bits per heavy atom. The number of rotatable bonds is 5. The quantitative estimate of drug-likeness (QED) is 0.313. The maximum atomic E-state index is 13.0. The Morgan fingerprint density at radius 3 is 2.61 bits per heavy atom. The first-order chi connectivity index (χ1) is 16.0. The molecule has 2 atom stereocenters. The van der Waals surface area contributed by atoms with Crippen LogP contribution in [0.2, 0.25) is 0 Å². The number of anilines is 1. The Hall–Kier alpha value is -4.02. The fraction of sp³-hybridized carbons (Fsp3) is 0.364. The molecule has 1 fully saturated rings. The van der Waals surface area contributed by atoms with E-state index in [1.807, 2.05) is 23.1 Å². The average molecular weight is 452 g/mol. The Bertz CT molecular complexity index is 1070. The van der Waals surface area contributed by atoms with E-state index in [4.69, 9.17) is 4.74 Å². The summed E-state index contributed by atoms with van der Waals surface area (Å²) in [5, 5.41) is 14.0. The smallest absolute Gasteiger partial charge is 0.321 e. The molecule has 1 aromatic carbocycles. The monoisotopic (exact) mass is 452 g/mol. The third-order valence-corrected chi connectivity index (χ3v) is 5.61. The van der Waals surface area contributed by atoms with E-state index in [-0.39, 0.29) is 12.3 Å². The fourth-order valence-corrected chi connectivity index (χ4v) is 3.98. The molecule has 172 valence electrons. The minimum atomic E-state index is -1.23. The summed E-state index contributed by atoms with van der Waals surface area (Å²) in [4.78, 5) is 49.4. The van der Waals surface area contributed by atoms with Gasteiger partial charge in [0.15, 0.2) is 5.92 Å². The summed E-state index contributed by atoms with van der Waals surface area (Å²) in [6.07, 6.45) is 1.74. The molecule has 2 aromatic rings. The van der Waals surface area contributed by atoms with E-state index in [0.29, 0.717) is 37.7 Å². The number of carbonyl (C=O) groups excluding carboxylic acids is 2. The number of nitrogens with one attached hydrogen (secondary N) is 1. The molecule has 0 aliphatic carbocycles. The first-order valence-corrected chi connectivity index (χ1v) is 10.7. The second kappa shape index (κ2) is 9.63. The van der Waals surface area contributed by atoms with Crippen LogP contribution in [0.1, 0.15) is 18.5 Å². The van der Waals surface area contributed by atoms with Crippen LogP contribution in [0, 0.1) is 16.0 Å². The molecule has 0 unspecified atom stereocenters. The molecule has 1 amide bonds. The second-order valence-electron chi connectivity index (χ2n) is 7.63. The number of nitro benzene ring substituents is 1. The summed E-state index contributed by atoms with van der Waals surface area (Å²) in [5.41, 5.74) is 0.267. The zero-order valence-corrected chi connectivity index (χ0v) is 18.1. The van der Waals surface area contributed by atoms with Crippen LogP contribution in [0.25, 0.3) is 0 Å². The number of amides is 1. The van der Waals surface area contributed by atoms with Gasteiger partial charge in [0.05, 0.1) is 11.5 Å². The van der Waals surface area contributed by atoms with E-state index >= 15 is 0 Å². The number of aromatic nitrogens is 1. The maximum Gasteiger partial charge on any atom is 0.321 e. The third-order valence-electron chi connectivity index (χ3n) is 5.61. The molecule has 1 N–H and O–H groups in total. The molecule has 4 rings (SSSR count). The van der Waals surface area contributed by atoms with Gasteiger partial charge in [-0.2, -0.15) is 0 Å². The predicted octanol–water partition coefficient (Wildman–Crippen LogP) is 1.52. The van der Waals surface area contributed by atoms with Gasteiger partial charge in [-0.05, 0) is 24.6 Å². The van der Waals surface area contributed by atoms with Crippen molar-refractivity contribution in [3.05, 3.63) is 64.3 Å². The molecular formula is C22H24N6O5. The van der Waals surface area contributed by atoms with E-state index in [2.05, 4.69) is 20.2 Å². The lowest BCUT2D eigenvalue weighted by atomic mass is 9.91. The molecule has 0 bridgehead atoms. The summed E-state index contributed by atoms with van der Waals surface area (Å²) in [5.74, 6) is -1.26. The Labute approximate surface area is 190 Å². The minimum absolute atomic E-state index is 0.107. The largest absolute Gasteiger partial charge is 0.465 e. The number of piperazine rings is 1. The molecule has 1 saturated heterocycles. The van der Waals surface area contributed by atoms with Gasteiger partial charge < -0.3 is 14.5 Å². The first kappa shape index (κ1) is 22.2. The summed E-state index contributed by atoms with van der Waals surface area (Å²) in [6.45, 7) is 4.28. The number of carbonyl (C=O) groups is 2. The van der Waals surface area contributed by atoms with E-state index in [1.165, 1.54) is 18.2 Å². The number of benzene rings is 1. The number of nitro groups is 1. The van der Waals surface area contributed by atoms with Gasteiger partial charge in [0.25, 0.3) is 5.69 Å². The normalized spacial score (nSPS) is 20.6. The highest BCUT2D eigenvalue weighted by Gasteiger charge is 2.42. The zero-order chi connectivity index (χ0) is 23.4. The number of esters is 1. The maximum absolute atomic E-state index is 13.0. The first-order valence-electron chi connectivity index (χ1n) is 10.7. The van der Waals surface area contributed by atoms with Crippen LogP contribution in [0.3, 0.4) is 0 Å². The summed E-state index contributed by atoms with van der Waals surface area (Å²) in [7, 11) is 0. The highest BCUT2D eigenvalue weighted by atomic mass is 16.6. The van der Waals surface area contributed by atoms with Gasteiger partial charge in [-0.1, -0.05) is 18.2 Å². The van der Waals surface area contributed by atoms with Crippen LogP contribution in [-0.2, 0) is 14.3 Å². The molecule has 0 spiro atoms. The van der Waals surface area contributed by atoms with Gasteiger partial charge in [0.2, 0.25) is 11.9 Å². The van der Waals surface area contributed by atoms with Crippen molar-refractivity contribution in [3.63, 3.8) is 0 Å². The van der Waals surface area contributed by atoms with Gasteiger partial charge in [0, 0.05) is 44.5 Å². The lowest BCUT2D eigenvalue weighted by molar-refractivity contribution is -0.384. The van der Waals surface area contributed by atoms with Crippen molar-refractivity contribution in [1.82, 2.24) is 15.2 Å². The Kier molecular flexibility index (Phi) is 6.48. The highest BCUT2D eigenvalue weighted by molar-refractivity contribution is 6.08. The number of non-ortho nitro benzene ring substituents is 1. The van der Waals surface area contributed by atoms with Crippen molar-refractivity contribution in [1.29, 1.82) is 0 Å². The van der Waals surface area contributed by atoms with Crippen LogP contribution < -0.4 is 10.2 Å². The van der Waals surface area contributed by atoms with Crippen molar-refractivity contribution in [2.24, 2.45) is 10.9 Å². The van der Waals surface area contributed by atoms with Crippen molar-refractivity contribution < 1.29 is 19.2 Å².